The number of rotatable bonds is 4. The number of nitrogens with zero attached hydrogens (tertiary/aromatic N) is 1. The van der Waals surface area contributed by atoms with Gasteiger partial charge in [0.1, 0.15) is 0 Å². The van der Waals surface area contributed by atoms with Gasteiger partial charge >= 0.3 is 6.03 Å². The van der Waals surface area contributed by atoms with Gasteiger partial charge in [-0.25, -0.2) is 4.79 Å². The van der Waals surface area contributed by atoms with Gasteiger partial charge in [0, 0.05) is 42.0 Å². The van der Waals surface area contributed by atoms with Gasteiger partial charge in [-0.1, -0.05) is 11.6 Å². The smallest absolute Gasteiger partial charge is 0.319 e. The van der Waals surface area contributed by atoms with Gasteiger partial charge in [-0.2, -0.15) is 0 Å². The van der Waals surface area contributed by atoms with Crippen molar-refractivity contribution in [3.63, 3.8) is 0 Å². The van der Waals surface area contributed by atoms with Crippen LogP contribution in [0.2, 0.25) is 5.02 Å². The normalized spacial score (nSPS) is 16.1. The minimum Gasteiger partial charge on any atom is -0.333 e. The molecule has 1 fully saturated rings. The summed E-state index contributed by atoms with van der Waals surface area (Å²) in [6, 6.07) is 13.1. The van der Waals surface area contributed by atoms with E-state index in [1.807, 2.05) is 0 Å². The average molecular weight is 387 g/mol. The number of hydrogen-bond donors (Lipinski definition) is 3. The first-order chi connectivity index (χ1) is 12.9. The summed E-state index contributed by atoms with van der Waals surface area (Å²) in [5.74, 6) is -0.216. The zero-order chi connectivity index (χ0) is 19.4. The summed E-state index contributed by atoms with van der Waals surface area (Å²) in [6.45, 7) is 1.82. The van der Waals surface area contributed by atoms with Crippen molar-refractivity contribution in [2.75, 3.05) is 22.1 Å². The average Bonchev–Trinajstić information content (AvgIpc) is 2.97. The molecule has 0 aliphatic carbocycles. The fourth-order valence-electron chi connectivity index (χ4n) is 2.87. The Labute approximate surface area is 161 Å². The molecular formula is C19H19ClN4O3. The van der Waals surface area contributed by atoms with Crippen LogP contribution >= 0.6 is 11.6 Å². The van der Waals surface area contributed by atoms with E-state index < -0.39 is 6.03 Å². The number of hydrogen-bond acceptors (Lipinski definition) is 3. The summed E-state index contributed by atoms with van der Waals surface area (Å²) >= 11 is 5.87. The number of carbonyl (C=O) groups is 3. The second-order valence-electron chi connectivity index (χ2n) is 6.24. The third kappa shape index (κ3) is 4.98. The first kappa shape index (κ1) is 18.7. The van der Waals surface area contributed by atoms with E-state index >= 15 is 0 Å². The summed E-state index contributed by atoms with van der Waals surface area (Å²) < 4.78 is 0. The number of nitrogens with one attached hydrogen (secondary N) is 3. The lowest BCUT2D eigenvalue weighted by atomic mass is 10.2. The third-order valence-electron chi connectivity index (χ3n) is 4.06. The van der Waals surface area contributed by atoms with E-state index in [-0.39, 0.29) is 24.3 Å². The van der Waals surface area contributed by atoms with Gasteiger partial charge in [-0.15, -0.1) is 0 Å². The van der Waals surface area contributed by atoms with Crippen LogP contribution in [0, 0.1) is 0 Å². The van der Waals surface area contributed by atoms with Gasteiger partial charge in [-0.3, -0.25) is 9.59 Å². The molecule has 4 amide bonds. The highest BCUT2D eigenvalue weighted by Gasteiger charge is 2.31. The molecule has 0 bridgehead atoms. The lowest BCUT2D eigenvalue weighted by Crippen LogP contribution is -2.39. The molecule has 140 valence electrons. The maximum absolute atomic E-state index is 12.2. The lowest BCUT2D eigenvalue weighted by molar-refractivity contribution is -0.117. The predicted molar refractivity (Wildman–Crippen MR) is 105 cm³/mol. The van der Waals surface area contributed by atoms with Crippen molar-refractivity contribution in [1.29, 1.82) is 0 Å². The van der Waals surface area contributed by atoms with Crippen LogP contribution in [0.4, 0.5) is 21.9 Å². The Kier molecular flexibility index (Phi) is 5.61. The minimum absolute atomic E-state index is 0.0534. The number of anilines is 3. The number of benzene rings is 2. The van der Waals surface area contributed by atoms with E-state index in [4.69, 9.17) is 11.6 Å². The summed E-state index contributed by atoms with van der Waals surface area (Å²) in [7, 11) is 0. The highest BCUT2D eigenvalue weighted by atomic mass is 35.5. The molecule has 2 aromatic rings. The monoisotopic (exact) mass is 386 g/mol. The summed E-state index contributed by atoms with van der Waals surface area (Å²) in [5.41, 5.74) is 1.98. The maximum atomic E-state index is 12.2. The summed E-state index contributed by atoms with van der Waals surface area (Å²) in [6.07, 6.45) is 0.234. The van der Waals surface area contributed by atoms with Crippen LogP contribution in [0.5, 0.6) is 0 Å². The molecule has 0 unspecified atom stereocenters. The molecule has 27 heavy (non-hydrogen) atoms. The molecule has 1 atom stereocenters. The quantitative estimate of drug-likeness (QED) is 0.753. The molecular weight excluding hydrogens is 368 g/mol. The van der Waals surface area contributed by atoms with Crippen LogP contribution in [-0.4, -0.2) is 30.4 Å². The first-order valence-electron chi connectivity index (χ1n) is 8.42. The van der Waals surface area contributed by atoms with Gasteiger partial charge in [0.2, 0.25) is 11.8 Å². The molecule has 7 nitrogen and oxygen atoms in total. The zero-order valence-electron chi connectivity index (χ0n) is 14.7. The summed E-state index contributed by atoms with van der Waals surface area (Å²) in [4.78, 5) is 37.0. The standard InChI is InChI=1S/C19H19ClN4O3/c1-12(25)21-14-4-6-15(7-5-14)22-19(27)23-16-10-18(26)24(11-16)17-8-2-13(20)3-9-17/h2-9,16H,10-11H2,1H3,(H,21,25)(H2,22,23,27)/t16-/m1/s1. The van der Waals surface area contributed by atoms with Gasteiger partial charge in [0.05, 0.1) is 6.04 Å². The Hall–Kier alpha value is -3.06. The molecule has 3 N–H and O–H groups in total. The Morgan fingerprint density at radius 3 is 2.19 bits per heavy atom. The third-order valence-corrected chi connectivity index (χ3v) is 4.31. The molecule has 1 aliphatic heterocycles. The van der Waals surface area contributed by atoms with Crippen LogP contribution in [0.25, 0.3) is 0 Å². The molecule has 0 radical (unpaired) electrons. The van der Waals surface area contributed by atoms with E-state index in [0.29, 0.717) is 22.9 Å². The van der Waals surface area contributed by atoms with Crippen molar-refractivity contribution in [1.82, 2.24) is 5.32 Å². The van der Waals surface area contributed by atoms with Gasteiger partial charge in [0.25, 0.3) is 0 Å². The number of carbonyl (C=O) groups excluding carboxylic acids is 3. The van der Waals surface area contributed by atoms with Gasteiger partial charge in [0.15, 0.2) is 0 Å². The maximum Gasteiger partial charge on any atom is 0.319 e. The highest BCUT2D eigenvalue weighted by Crippen LogP contribution is 2.23. The minimum atomic E-state index is -0.391. The van der Waals surface area contributed by atoms with Crippen molar-refractivity contribution < 1.29 is 14.4 Å². The van der Waals surface area contributed by atoms with E-state index in [2.05, 4.69) is 16.0 Å². The Bertz CT molecular complexity index is 852. The number of amides is 4. The number of halogens is 1. The summed E-state index contributed by atoms with van der Waals surface area (Å²) in [5, 5.41) is 8.78. The largest absolute Gasteiger partial charge is 0.333 e. The highest BCUT2D eigenvalue weighted by molar-refractivity contribution is 6.30. The van der Waals surface area contributed by atoms with Gasteiger partial charge in [-0.05, 0) is 48.5 Å². The van der Waals surface area contributed by atoms with Crippen molar-refractivity contribution >= 4 is 46.5 Å². The fourth-order valence-corrected chi connectivity index (χ4v) is 2.99. The zero-order valence-corrected chi connectivity index (χ0v) is 15.4. The predicted octanol–water partition coefficient (Wildman–Crippen LogP) is 3.23. The van der Waals surface area contributed by atoms with Crippen LogP contribution < -0.4 is 20.9 Å². The van der Waals surface area contributed by atoms with Crippen molar-refractivity contribution in [3.05, 3.63) is 53.6 Å². The Balaban J connectivity index is 1.54. The van der Waals surface area contributed by atoms with E-state index in [1.54, 1.807) is 53.4 Å². The molecule has 0 spiro atoms. The van der Waals surface area contributed by atoms with Crippen LogP contribution in [0.1, 0.15) is 13.3 Å². The topological polar surface area (TPSA) is 90.5 Å². The Morgan fingerprint density at radius 2 is 1.59 bits per heavy atom. The lowest BCUT2D eigenvalue weighted by Gasteiger charge is -2.17. The van der Waals surface area contributed by atoms with Crippen LogP contribution in [-0.2, 0) is 9.59 Å². The first-order valence-corrected chi connectivity index (χ1v) is 8.79. The second-order valence-corrected chi connectivity index (χ2v) is 6.68. The van der Waals surface area contributed by atoms with Crippen molar-refractivity contribution in [3.8, 4) is 0 Å². The number of urea groups is 1. The molecule has 0 aromatic heterocycles. The fraction of sp³-hybridized carbons (Fsp3) is 0.211. The molecule has 1 aliphatic rings. The van der Waals surface area contributed by atoms with Crippen molar-refractivity contribution in [2.24, 2.45) is 0 Å². The Morgan fingerprint density at radius 1 is 1.00 bits per heavy atom. The molecule has 8 heteroatoms. The van der Waals surface area contributed by atoms with Gasteiger partial charge < -0.3 is 20.9 Å². The molecule has 2 aromatic carbocycles. The molecule has 1 heterocycles. The molecule has 3 rings (SSSR count). The van der Waals surface area contributed by atoms with E-state index in [0.717, 1.165) is 5.69 Å². The van der Waals surface area contributed by atoms with E-state index in [1.165, 1.54) is 6.92 Å². The second kappa shape index (κ2) is 8.09. The van der Waals surface area contributed by atoms with Crippen molar-refractivity contribution in [2.45, 2.75) is 19.4 Å². The van der Waals surface area contributed by atoms with Crippen LogP contribution in [0.3, 0.4) is 0 Å². The SMILES string of the molecule is CC(=O)Nc1ccc(NC(=O)N[C@@H]2CC(=O)N(c3ccc(Cl)cc3)C2)cc1. The molecule has 1 saturated heterocycles. The van der Waals surface area contributed by atoms with E-state index in [9.17, 15) is 14.4 Å². The molecule has 0 saturated carbocycles. The van der Waals surface area contributed by atoms with Crippen LogP contribution in [0.15, 0.2) is 48.5 Å².